The second kappa shape index (κ2) is 6.67. The normalized spacial score (nSPS) is 10.7. The Labute approximate surface area is 123 Å². The van der Waals surface area contributed by atoms with Crippen molar-refractivity contribution in [3.05, 3.63) is 62.2 Å². The highest BCUT2D eigenvalue weighted by molar-refractivity contribution is 7.10. The molecule has 0 saturated heterocycles. The Morgan fingerprint density at radius 2 is 2.19 bits per heavy atom. The van der Waals surface area contributed by atoms with Crippen molar-refractivity contribution in [1.29, 1.82) is 0 Å². The third kappa shape index (κ3) is 4.43. The average molecular weight is 304 g/mol. The van der Waals surface area contributed by atoms with Gasteiger partial charge in [0.25, 0.3) is 5.91 Å². The molecule has 2 heterocycles. The van der Waals surface area contributed by atoms with Gasteiger partial charge in [-0.3, -0.25) is 9.59 Å². The van der Waals surface area contributed by atoms with Crippen LogP contribution in [0.25, 0.3) is 6.08 Å². The number of carboxylic acid groups (broad SMARTS) is 1. The molecule has 1 amide bonds. The Bertz CT molecular complexity index is 745. The fraction of sp³-hybridized carbons (Fsp3) is 0.0714. The van der Waals surface area contributed by atoms with E-state index in [1.807, 2.05) is 0 Å². The predicted octanol–water partition coefficient (Wildman–Crippen LogP) is 1.46. The molecular weight excluding hydrogens is 292 g/mol. The molecule has 0 spiro atoms. The first kappa shape index (κ1) is 14.7. The fourth-order valence-corrected chi connectivity index (χ4v) is 2.38. The number of thiophene rings is 1. The SMILES string of the molecule is O=C(O)/C=C/c1csc(CNC(=O)c2cccc(=O)[nH]2)c1. The molecule has 3 N–H and O–H groups in total. The minimum atomic E-state index is -1.01. The number of carboxylic acids is 1. The Kier molecular flexibility index (Phi) is 4.68. The summed E-state index contributed by atoms with van der Waals surface area (Å²) in [6.45, 7) is 0.307. The van der Waals surface area contributed by atoms with Crippen molar-refractivity contribution in [1.82, 2.24) is 10.3 Å². The van der Waals surface area contributed by atoms with E-state index in [1.54, 1.807) is 11.4 Å². The summed E-state index contributed by atoms with van der Waals surface area (Å²) >= 11 is 1.41. The Balaban J connectivity index is 1.95. The maximum absolute atomic E-state index is 11.8. The topological polar surface area (TPSA) is 99.3 Å². The molecule has 7 heteroatoms. The molecule has 6 nitrogen and oxygen atoms in total. The summed E-state index contributed by atoms with van der Waals surface area (Å²) in [7, 11) is 0. The van der Waals surface area contributed by atoms with Crippen LogP contribution >= 0.6 is 11.3 Å². The van der Waals surface area contributed by atoms with Gasteiger partial charge >= 0.3 is 5.97 Å². The van der Waals surface area contributed by atoms with E-state index in [2.05, 4.69) is 10.3 Å². The lowest BCUT2D eigenvalue weighted by molar-refractivity contribution is -0.131. The maximum Gasteiger partial charge on any atom is 0.328 e. The molecule has 2 aromatic heterocycles. The van der Waals surface area contributed by atoms with Gasteiger partial charge in [-0.2, -0.15) is 0 Å². The van der Waals surface area contributed by atoms with E-state index in [-0.39, 0.29) is 17.2 Å². The molecule has 0 unspecified atom stereocenters. The standard InChI is InChI=1S/C14H12N2O4S/c17-12-3-1-2-11(16-12)14(20)15-7-10-6-9(8-21-10)4-5-13(18)19/h1-6,8H,7H2,(H,15,20)(H,16,17)(H,18,19)/b5-4+. The van der Waals surface area contributed by atoms with Crippen LogP contribution in [-0.2, 0) is 11.3 Å². The maximum atomic E-state index is 11.8. The predicted molar refractivity (Wildman–Crippen MR) is 79.2 cm³/mol. The van der Waals surface area contributed by atoms with Crippen LogP contribution in [0.5, 0.6) is 0 Å². The number of H-pyrrole nitrogens is 1. The molecule has 0 bridgehead atoms. The molecule has 21 heavy (non-hydrogen) atoms. The number of rotatable bonds is 5. The van der Waals surface area contributed by atoms with Crippen molar-refractivity contribution in [2.45, 2.75) is 6.54 Å². The number of carbonyl (C=O) groups excluding carboxylic acids is 1. The summed E-state index contributed by atoms with van der Waals surface area (Å²) in [5, 5.41) is 13.0. The number of aromatic nitrogens is 1. The van der Waals surface area contributed by atoms with Crippen molar-refractivity contribution < 1.29 is 14.7 Å². The van der Waals surface area contributed by atoms with Crippen LogP contribution < -0.4 is 10.9 Å². The van der Waals surface area contributed by atoms with Gasteiger partial charge in [-0.25, -0.2) is 4.79 Å². The number of aromatic amines is 1. The zero-order valence-corrected chi connectivity index (χ0v) is 11.6. The van der Waals surface area contributed by atoms with Gasteiger partial charge in [-0.05, 0) is 29.2 Å². The van der Waals surface area contributed by atoms with E-state index in [0.29, 0.717) is 6.54 Å². The van der Waals surface area contributed by atoms with Crippen LogP contribution in [0.2, 0.25) is 0 Å². The average Bonchev–Trinajstić information content (AvgIpc) is 2.90. The van der Waals surface area contributed by atoms with Crippen LogP contribution in [0.1, 0.15) is 20.9 Å². The molecule has 0 aromatic carbocycles. The molecule has 0 saturated carbocycles. The van der Waals surface area contributed by atoms with E-state index in [1.165, 1.54) is 35.6 Å². The summed E-state index contributed by atoms with van der Waals surface area (Å²) in [6.07, 6.45) is 2.54. The largest absolute Gasteiger partial charge is 0.478 e. The molecular formula is C14H12N2O4S. The number of amides is 1. The fourth-order valence-electron chi connectivity index (χ4n) is 1.59. The lowest BCUT2D eigenvalue weighted by atomic mass is 10.3. The molecule has 0 atom stereocenters. The van der Waals surface area contributed by atoms with Gasteiger partial charge in [0, 0.05) is 17.0 Å². The molecule has 2 aromatic rings. The van der Waals surface area contributed by atoms with Gasteiger partial charge in [0.15, 0.2) is 0 Å². The van der Waals surface area contributed by atoms with Gasteiger partial charge < -0.3 is 15.4 Å². The smallest absolute Gasteiger partial charge is 0.328 e. The molecule has 108 valence electrons. The van der Waals surface area contributed by atoms with Crippen LogP contribution in [0, 0.1) is 0 Å². The Morgan fingerprint density at radius 3 is 2.90 bits per heavy atom. The van der Waals surface area contributed by atoms with E-state index < -0.39 is 5.97 Å². The number of hydrogen-bond acceptors (Lipinski definition) is 4. The highest BCUT2D eigenvalue weighted by Crippen LogP contribution is 2.15. The Morgan fingerprint density at radius 1 is 1.38 bits per heavy atom. The second-order valence-corrected chi connectivity index (χ2v) is 5.13. The first-order chi connectivity index (χ1) is 10.0. The van der Waals surface area contributed by atoms with Gasteiger partial charge in [-0.15, -0.1) is 11.3 Å². The number of carbonyl (C=O) groups is 2. The number of nitrogens with one attached hydrogen (secondary N) is 2. The molecule has 0 aliphatic heterocycles. The van der Waals surface area contributed by atoms with Crippen molar-refractivity contribution in [2.24, 2.45) is 0 Å². The molecule has 0 aliphatic carbocycles. The summed E-state index contributed by atoms with van der Waals surface area (Å²) < 4.78 is 0. The van der Waals surface area contributed by atoms with Crippen molar-refractivity contribution in [2.75, 3.05) is 0 Å². The van der Waals surface area contributed by atoms with E-state index >= 15 is 0 Å². The van der Waals surface area contributed by atoms with Crippen LogP contribution in [0.4, 0.5) is 0 Å². The van der Waals surface area contributed by atoms with E-state index in [9.17, 15) is 14.4 Å². The van der Waals surface area contributed by atoms with Crippen LogP contribution in [0.3, 0.4) is 0 Å². The van der Waals surface area contributed by atoms with Gasteiger partial charge in [0.1, 0.15) is 5.69 Å². The van der Waals surface area contributed by atoms with Crippen molar-refractivity contribution in [3.63, 3.8) is 0 Å². The third-order valence-electron chi connectivity index (χ3n) is 2.53. The highest BCUT2D eigenvalue weighted by atomic mass is 32.1. The van der Waals surface area contributed by atoms with E-state index in [0.717, 1.165) is 16.5 Å². The second-order valence-electron chi connectivity index (χ2n) is 4.13. The minimum absolute atomic E-state index is 0.199. The van der Waals surface area contributed by atoms with Crippen molar-refractivity contribution in [3.8, 4) is 0 Å². The third-order valence-corrected chi connectivity index (χ3v) is 3.48. The Hall–Kier alpha value is -2.67. The lowest BCUT2D eigenvalue weighted by Crippen LogP contribution is -2.25. The quantitative estimate of drug-likeness (QED) is 0.728. The number of hydrogen-bond donors (Lipinski definition) is 3. The summed E-state index contributed by atoms with van der Waals surface area (Å²) in [5.74, 6) is -1.38. The van der Waals surface area contributed by atoms with Crippen LogP contribution in [-0.4, -0.2) is 22.0 Å². The zero-order chi connectivity index (χ0) is 15.2. The molecule has 2 rings (SSSR count). The van der Waals surface area contributed by atoms with Crippen LogP contribution in [0.15, 0.2) is 40.5 Å². The van der Waals surface area contributed by atoms with Gasteiger partial charge in [0.2, 0.25) is 5.56 Å². The lowest BCUT2D eigenvalue weighted by Gasteiger charge is -2.02. The van der Waals surface area contributed by atoms with Gasteiger partial charge in [0.05, 0.1) is 6.54 Å². The first-order valence-electron chi connectivity index (χ1n) is 6.00. The summed E-state index contributed by atoms with van der Waals surface area (Å²) in [5.41, 5.74) is 0.629. The summed E-state index contributed by atoms with van der Waals surface area (Å²) in [4.78, 5) is 36.7. The van der Waals surface area contributed by atoms with Crippen molar-refractivity contribution >= 4 is 29.3 Å². The highest BCUT2D eigenvalue weighted by Gasteiger charge is 2.06. The van der Waals surface area contributed by atoms with Gasteiger partial charge in [-0.1, -0.05) is 6.07 Å². The minimum Gasteiger partial charge on any atom is -0.478 e. The number of pyridine rings is 1. The molecule has 0 radical (unpaired) electrons. The monoisotopic (exact) mass is 304 g/mol. The summed E-state index contributed by atoms with van der Waals surface area (Å²) in [6, 6.07) is 6.15. The number of aliphatic carboxylic acids is 1. The first-order valence-corrected chi connectivity index (χ1v) is 6.88. The molecule has 0 fully saturated rings. The van der Waals surface area contributed by atoms with E-state index in [4.69, 9.17) is 5.11 Å². The zero-order valence-electron chi connectivity index (χ0n) is 10.8. The molecule has 0 aliphatic rings.